The van der Waals surface area contributed by atoms with Gasteiger partial charge >= 0.3 is 0 Å². The van der Waals surface area contributed by atoms with E-state index in [4.69, 9.17) is 4.11 Å². The van der Waals surface area contributed by atoms with Crippen LogP contribution in [-0.2, 0) is 0 Å². The topological polar surface area (TPSA) is 12.0 Å². The lowest BCUT2D eigenvalue weighted by molar-refractivity contribution is 0.857. The smallest absolute Gasteiger partial charge is 0.0428 e. The lowest BCUT2D eigenvalue weighted by Crippen LogP contribution is -2.03. The maximum absolute atomic E-state index is 7.05. The summed E-state index contributed by atoms with van der Waals surface area (Å²) in [5.74, 6) is 0. The van der Waals surface area contributed by atoms with Crippen molar-refractivity contribution in [3.05, 3.63) is 0 Å². The average molecular weight is 74.1 g/mol. The van der Waals surface area contributed by atoms with E-state index in [2.05, 4.69) is 5.32 Å². The zero-order valence-corrected chi connectivity index (χ0v) is 2.99. The van der Waals surface area contributed by atoms with E-state index in [-0.39, 0.29) is 6.52 Å². The number of rotatable bonds is 0. The molecule has 1 heteroatoms. The summed E-state index contributed by atoms with van der Waals surface area (Å²) in [4.78, 5) is 0. The summed E-state index contributed by atoms with van der Waals surface area (Å²) in [6.07, 6.45) is 1.11. The van der Waals surface area contributed by atoms with Crippen molar-refractivity contribution in [3.63, 3.8) is 0 Å². The Morgan fingerprint density at radius 2 is 2.60 bits per heavy atom. The van der Waals surface area contributed by atoms with Gasteiger partial charge in [-0.1, -0.05) is 0 Å². The molecule has 1 aliphatic rings. The fourth-order valence-corrected chi connectivity index (χ4v) is 0.361. The van der Waals surface area contributed by atoms with Crippen molar-refractivity contribution in [1.82, 2.24) is 5.32 Å². The first-order chi connectivity index (χ1) is 3.60. The third-order valence-corrected chi connectivity index (χ3v) is 0.618. The minimum atomic E-state index is -1.27. The molecule has 1 saturated heterocycles. The van der Waals surface area contributed by atoms with Gasteiger partial charge in [-0.05, 0) is 25.9 Å². The van der Waals surface area contributed by atoms with Gasteiger partial charge in [-0.3, -0.25) is 0 Å². The summed E-state index contributed by atoms with van der Waals surface area (Å²) in [7, 11) is 0. The van der Waals surface area contributed by atoms with Gasteiger partial charge in [-0.2, -0.15) is 0 Å². The predicted molar refractivity (Wildman–Crippen MR) is 22.1 cm³/mol. The van der Waals surface area contributed by atoms with Gasteiger partial charge < -0.3 is 5.32 Å². The Hall–Kier alpha value is -0.0400. The molecule has 1 aliphatic heterocycles. The van der Waals surface area contributed by atoms with Crippen LogP contribution >= 0.6 is 0 Å². The van der Waals surface area contributed by atoms with Crippen molar-refractivity contribution in [2.75, 3.05) is 13.0 Å². The number of nitrogens with one attached hydrogen (secondary N) is 1. The molecular formula is C4H9N. The Kier molecular flexibility index (Phi) is 0.346. The standard InChI is InChI=1S/C4H9N/c1-2-4-5-3-1/h5H,1-4H2/i3D,4D2. The molecule has 0 saturated carbocycles. The van der Waals surface area contributed by atoms with Crippen molar-refractivity contribution >= 4 is 0 Å². The first kappa shape index (κ1) is 1.23. The highest BCUT2D eigenvalue weighted by molar-refractivity contribution is 4.55. The van der Waals surface area contributed by atoms with Gasteiger partial charge in [0.15, 0.2) is 0 Å². The molecule has 0 aliphatic carbocycles. The van der Waals surface area contributed by atoms with Gasteiger partial charge in [0, 0.05) is 4.11 Å². The third kappa shape index (κ3) is 0.618. The molecule has 0 bridgehead atoms. The summed E-state index contributed by atoms with van der Waals surface area (Å²) in [6, 6.07) is 0. The van der Waals surface area contributed by atoms with Crippen LogP contribution in [0.25, 0.3) is 0 Å². The molecular weight excluding hydrogens is 62.1 g/mol. The summed E-state index contributed by atoms with van der Waals surface area (Å²) in [6.45, 7) is -1.66. The van der Waals surface area contributed by atoms with Gasteiger partial charge in [-0.15, -0.1) is 0 Å². The minimum Gasteiger partial charge on any atom is -0.317 e. The van der Waals surface area contributed by atoms with Crippen LogP contribution in [0.2, 0.25) is 0 Å². The van der Waals surface area contributed by atoms with Crippen LogP contribution < -0.4 is 5.32 Å². The molecule has 5 heavy (non-hydrogen) atoms. The van der Waals surface area contributed by atoms with Crippen LogP contribution in [0.1, 0.15) is 17.0 Å². The molecule has 1 nitrogen and oxygen atoms in total. The highest BCUT2D eigenvalue weighted by Gasteiger charge is 1.93. The second kappa shape index (κ2) is 1.41. The fourth-order valence-electron chi connectivity index (χ4n) is 0.361. The average Bonchev–Trinajstić information content (AvgIpc) is 1.82. The highest BCUT2D eigenvalue weighted by Crippen LogP contribution is 1.90. The zero-order chi connectivity index (χ0) is 6.20. The molecule has 1 unspecified atom stereocenters. The van der Waals surface area contributed by atoms with Crippen molar-refractivity contribution in [1.29, 1.82) is 0 Å². The molecule has 1 rings (SSSR count). The van der Waals surface area contributed by atoms with Gasteiger partial charge in [-0.25, -0.2) is 0 Å². The van der Waals surface area contributed by atoms with Crippen molar-refractivity contribution < 1.29 is 4.11 Å². The maximum atomic E-state index is 7.05. The quantitative estimate of drug-likeness (QED) is 0.437. The van der Waals surface area contributed by atoms with Crippen molar-refractivity contribution in [3.8, 4) is 0 Å². The number of hydrogen-bond acceptors (Lipinski definition) is 1. The summed E-state index contributed by atoms with van der Waals surface area (Å²) in [5.41, 5.74) is 0. The first-order valence-electron chi connectivity index (χ1n) is 3.38. The molecule has 1 N–H and O–H groups in total. The lowest BCUT2D eigenvalue weighted by atomic mass is 10.4. The van der Waals surface area contributed by atoms with E-state index in [9.17, 15) is 0 Å². The number of hydrogen-bond donors (Lipinski definition) is 1. The molecule has 0 aromatic rings. The highest BCUT2D eigenvalue weighted by atomic mass is 14.9. The van der Waals surface area contributed by atoms with E-state index < -0.39 is 6.50 Å². The molecule has 1 fully saturated rings. The van der Waals surface area contributed by atoms with Crippen LogP contribution in [-0.4, -0.2) is 13.0 Å². The van der Waals surface area contributed by atoms with E-state index in [1.165, 1.54) is 0 Å². The van der Waals surface area contributed by atoms with Crippen LogP contribution in [0.3, 0.4) is 0 Å². The molecule has 0 aromatic heterocycles. The Bertz CT molecular complexity index is 93.3. The van der Waals surface area contributed by atoms with E-state index >= 15 is 0 Å². The van der Waals surface area contributed by atoms with Gasteiger partial charge in [0.25, 0.3) is 0 Å². The minimum absolute atomic E-state index is 0.384. The van der Waals surface area contributed by atoms with E-state index in [0.29, 0.717) is 12.8 Å². The largest absolute Gasteiger partial charge is 0.317 e. The molecule has 0 aromatic carbocycles. The van der Waals surface area contributed by atoms with Gasteiger partial charge in [0.2, 0.25) is 0 Å². The molecule has 30 valence electrons. The fraction of sp³-hybridized carbons (Fsp3) is 1.00. The maximum Gasteiger partial charge on any atom is 0.0428 e. The lowest BCUT2D eigenvalue weighted by Gasteiger charge is -1.76. The Morgan fingerprint density at radius 3 is 2.80 bits per heavy atom. The predicted octanol–water partition coefficient (Wildman–Crippen LogP) is 0.370. The normalized spacial score (nSPS) is 57.6. The van der Waals surface area contributed by atoms with Gasteiger partial charge in [0.1, 0.15) is 0 Å². The molecule has 1 atom stereocenters. The Balaban J connectivity index is 2.44. The summed E-state index contributed by atoms with van der Waals surface area (Å²) < 4.78 is 21.1. The molecule has 0 amide bonds. The van der Waals surface area contributed by atoms with Crippen LogP contribution in [0.5, 0.6) is 0 Å². The molecule has 0 spiro atoms. The second-order valence-electron chi connectivity index (χ2n) is 1.06. The Morgan fingerprint density at radius 1 is 1.60 bits per heavy atom. The van der Waals surface area contributed by atoms with Crippen molar-refractivity contribution in [2.24, 2.45) is 0 Å². The van der Waals surface area contributed by atoms with E-state index in [1.807, 2.05) is 0 Å². The second-order valence-corrected chi connectivity index (χ2v) is 1.06. The van der Waals surface area contributed by atoms with Gasteiger partial charge in [0.05, 0.1) is 0 Å². The van der Waals surface area contributed by atoms with E-state index in [0.717, 1.165) is 0 Å². The van der Waals surface area contributed by atoms with Crippen LogP contribution in [0.4, 0.5) is 0 Å². The van der Waals surface area contributed by atoms with Crippen LogP contribution in [0, 0.1) is 0 Å². The summed E-state index contributed by atoms with van der Waals surface area (Å²) >= 11 is 0. The Labute approximate surface area is 36.6 Å². The SMILES string of the molecule is [2H]C1CCC([2H])([2H])N1. The van der Waals surface area contributed by atoms with Crippen LogP contribution in [0.15, 0.2) is 0 Å². The first-order valence-corrected chi connectivity index (χ1v) is 1.80. The van der Waals surface area contributed by atoms with Crippen molar-refractivity contribution in [2.45, 2.75) is 12.8 Å². The summed E-state index contributed by atoms with van der Waals surface area (Å²) in [5, 5.41) is 2.49. The zero-order valence-electron chi connectivity index (χ0n) is 5.99. The molecule has 1 heterocycles. The van der Waals surface area contributed by atoms with E-state index in [1.54, 1.807) is 0 Å². The molecule has 0 radical (unpaired) electrons. The monoisotopic (exact) mass is 74.1 g/mol. The third-order valence-electron chi connectivity index (χ3n) is 0.618.